The topological polar surface area (TPSA) is 20.3 Å². The molecule has 0 aromatic carbocycles. The highest BCUT2D eigenvalue weighted by molar-refractivity contribution is 9.09. The van der Waals surface area contributed by atoms with Gasteiger partial charge in [-0.05, 0) is 32.6 Å². The van der Waals surface area contributed by atoms with Gasteiger partial charge >= 0.3 is 0 Å². The van der Waals surface area contributed by atoms with E-state index in [0.29, 0.717) is 11.9 Å². The van der Waals surface area contributed by atoms with Crippen LogP contribution in [0.3, 0.4) is 0 Å². The predicted molar refractivity (Wildman–Crippen MR) is 58.1 cm³/mol. The van der Waals surface area contributed by atoms with Gasteiger partial charge in [-0.3, -0.25) is 4.79 Å². The maximum atomic E-state index is 11.6. The van der Waals surface area contributed by atoms with Gasteiger partial charge in [-0.1, -0.05) is 15.9 Å². The molecule has 0 aromatic rings. The van der Waals surface area contributed by atoms with E-state index in [4.69, 9.17) is 0 Å². The number of hydrogen-bond donors (Lipinski definition) is 0. The normalized spacial score (nSPS) is 15.8. The summed E-state index contributed by atoms with van der Waals surface area (Å²) in [6.45, 7) is 2.96. The Bertz CT molecular complexity index is 168. The number of alkyl halides is 1. The molecule has 0 unspecified atom stereocenters. The summed E-state index contributed by atoms with van der Waals surface area (Å²) in [7, 11) is 0. The van der Waals surface area contributed by atoms with E-state index in [9.17, 15) is 4.79 Å². The molecule has 0 spiro atoms. The Labute approximate surface area is 88.8 Å². The van der Waals surface area contributed by atoms with Crippen LogP contribution >= 0.6 is 15.9 Å². The molecular formula is C10H18BrNO. The summed E-state index contributed by atoms with van der Waals surface area (Å²) >= 11 is 3.37. The van der Waals surface area contributed by atoms with Crippen LogP contribution in [0.1, 0.15) is 39.0 Å². The molecule has 1 fully saturated rings. The molecule has 3 heteroatoms. The summed E-state index contributed by atoms with van der Waals surface area (Å²) < 4.78 is 0. The van der Waals surface area contributed by atoms with E-state index in [1.54, 1.807) is 0 Å². The van der Waals surface area contributed by atoms with Crippen molar-refractivity contribution in [3.8, 4) is 0 Å². The fraction of sp³-hybridized carbons (Fsp3) is 0.900. The standard InChI is InChI=1S/C10H18BrNO/c1-2-12(9-6-7-9)10(13)5-3-4-8-11/h9H,2-8H2,1H3. The van der Waals surface area contributed by atoms with Gasteiger partial charge in [0.1, 0.15) is 0 Å². The van der Waals surface area contributed by atoms with Crippen molar-refractivity contribution in [3.63, 3.8) is 0 Å². The molecule has 0 aliphatic heterocycles. The minimum atomic E-state index is 0.353. The van der Waals surface area contributed by atoms with E-state index in [1.165, 1.54) is 12.8 Å². The zero-order valence-corrected chi connectivity index (χ0v) is 9.85. The Kier molecular flexibility index (Phi) is 4.78. The van der Waals surface area contributed by atoms with Gasteiger partial charge in [0.05, 0.1) is 0 Å². The number of hydrogen-bond acceptors (Lipinski definition) is 1. The van der Waals surface area contributed by atoms with Gasteiger partial charge in [0.2, 0.25) is 5.91 Å². The lowest BCUT2D eigenvalue weighted by Gasteiger charge is -2.20. The number of nitrogens with zero attached hydrogens (tertiary/aromatic N) is 1. The van der Waals surface area contributed by atoms with Crippen molar-refractivity contribution in [1.82, 2.24) is 4.90 Å². The molecule has 1 rings (SSSR count). The third-order valence-corrected chi connectivity index (χ3v) is 2.98. The van der Waals surface area contributed by atoms with Crippen LogP contribution < -0.4 is 0 Å². The number of halogens is 1. The van der Waals surface area contributed by atoms with Crippen LogP contribution in [-0.4, -0.2) is 28.7 Å². The van der Waals surface area contributed by atoms with E-state index >= 15 is 0 Å². The van der Waals surface area contributed by atoms with E-state index < -0.39 is 0 Å². The van der Waals surface area contributed by atoms with Crippen LogP contribution in [0.5, 0.6) is 0 Å². The third-order valence-electron chi connectivity index (χ3n) is 2.42. The molecule has 0 N–H and O–H groups in total. The highest BCUT2D eigenvalue weighted by Gasteiger charge is 2.30. The molecule has 1 aliphatic rings. The van der Waals surface area contributed by atoms with Crippen LogP contribution in [0.4, 0.5) is 0 Å². The predicted octanol–water partition coefficient (Wildman–Crippen LogP) is 2.56. The number of unbranched alkanes of at least 4 members (excludes halogenated alkanes) is 1. The van der Waals surface area contributed by atoms with Gasteiger partial charge in [-0.2, -0.15) is 0 Å². The van der Waals surface area contributed by atoms with Crippen molar-refractivity contribution >= 4 is 21.8 Å². The average molecular weight is 248 g/mol. The molecule has 13 heavy (non-hydrogen) atoms. The third kappa shape index (κ3) is 3.67. The first kappa shape index (κ1) is 11.0. The zero-order valence-electron chi connectivity index (χ0n) is 8.26. The Morgan fingerprint density at radius 1 is 1.46 bits per heavy atom. The molecule has 76 valence electrons. The SMILES string of the molecule is CCN(C(=O)CCCCBr)C1CC1. The lowest BCUT2D eigenvalue weighted by molar-refractivity contribution is -0.131. The first-order valence-electron chi connectivity index (χ1n) is 5.15. The van der Waals surface area contributed by atoms with Gasteiger partial charge in [-0.15, -0.1) is 0 Å². The smallest absolute Gasteiger partial charge is 0.222 e. The Morgan fingerprint density at radius 3 is 2.62 bits per heavy atom. The van der Waals surface area contributed by atoms with Gasteiger partial charge in [-0.25, -0.2) is 0 Å². The number of carbonyl (C=O) groups is 1. The van der Waals surface area contributed by atoms with Gasteiger partial charge in [0, 0.05) is 24.3 Å². The highest BCUT2D eigenvalue weighted by atomic mass is 79.9. The monoisotopic (exact) mass is 247 g/mol. The van der Waals surface area contributed by atoms with Crippen molar-refractivity contribution in [2.75, 3.05) is 11.9 Å². The van der Waals surface area contributed by atoms with E-state index in [-0.39, 0.29) is 0 Å². The molecule has 0 aromatic heterocycles. The lowest BCUT2D eigenvalue weighted by Crippen LogP contribution is -2.32. The van der Waals surface area contributed by atoms with Crippen LogP contribution in [0.15, 0.2) is 0 Å². The van der Waals surface area contributed by atoms with E-state index in [1.807, 2.05) is 4.90 Å². The average Bonchev–Trinajstić information content (AvgIpc) is 2.90. The fourth-order valence-corrected chi connectivity index (χ4v) is 1.94. The van der Waals surface area contributed by atoms with Crippen molar-refractivity contribution in [2.45, 2.75) is 45.1 Å². The second-order valence-corrected chi connectivity index (χ2v) is 4.35. The minimum absolute atomic E-state index is 0.353. The molecule has 2 nitrogen and oxygen atoms in total. The number of carbonyl (C=O) groups excluding carboxylic acids is 1. The second kappa shape index (κ2) is 5.63. The first-order chi connectivity index (χ1) is 6.29. The van der Waals surface area contributed by atoms with Crippen molar-refractivity contribution in [3.05, 3.63) is 0 Å². The van der Waals surface area contributed by atoms with Crippen molar-refractivity contribution in [1.29, 1.82) is 0 Å². The Morgan fingerprint density at radius 2 is 2.15 bits per heavy atom. The van der Waals surface area contributed by atoms with Crippen LogP contribution in [0.25, 0.3) is 0 Å². The molecule has 0 saturated heterocycles. The van der Waals surface area contributed by atoms with E-state index in [0.717, 1.165) is 31.1 Å². The van der Waals surface area contributed by atoms with Crippen molar-refractivity contribution < 1.29 is 4.79 Å². The quantitative estimate of drug-likeness (QED) is 0.522. The van der Waals surface area contributed by atoms with Gasteiger partial charge < -0.3 is 4.90 Å². The maximum Gasteiger partial charge on any atom is 0.222 e. The summed E-state index contributed by atoms with van der Waals surface area (Å²) in [5.41, 5.74) is 0. The molecule has 0 radical (unpaired) electrons. The molecule has 0 bridgehead atoms. The Balaban J connectivity index is 2.19. The fourth-order valence-electron chi connectivity index (χ4n) is 1.54. The van der Waals surface area contributed by atoms with Gasteiger partial charge in [0.15, 0.2) is 0 Å². The number of amides is 1. The molecule has 0 atom stereocenters. The van der Waals surface area contributed by atoms with Crippen molar-refractivity contribution in [2.24, 2.45) is 0 Å². The summed E-state index contributed by atoms with van der Waals surface area (Å²) in [5, 5.41) is 1.01. The summed E-state index contributed by atoms with van der Waals surface area (Å²) in [6, 6.07) is 0.585. The lowest BCUT2D eigenvalue weighted by atomic mass is 10.2. The van der Waals surface area contributed by atoms with E-state index in [2.05, 4.69) is 22.9 Å². The molecular weight excluding hydrogens is 230 g/mol. The molecule has 1 aliphatic carbocycles. The Hall–Kier alpha value is -0.0500. The molecule has 1 amide bonds. The summed E-state index contributed by atoms with van der Waals surface area (Å²) in [6.07, 6.45) is 5.30. The molecule has 0 heterocycles. The highest BCUT2D eigenvalue weighted by Crippen LogP contribution is 2.27. The number of rotatable bonds is 6. The maximum absolute atomic E-state index is 11.6. The van der Waals surface area contributed by atoms with Crippen LogP contribution in [0.2, 0.25) is 0 Å². The summed E-state index contributed by atoms with van der Waals surface area (Å²) in [4.78, 5) is 13.7. The zero-order chi connectivity index (χ0) is 9.68. The molecule has 1 saturated carbocycles. The summed E-state index contributed by atoms with van der Waals surface area (Å²) in [5.74, 6) is 0.353. The largest absolute Gasteiger partial charge is 0.340 e. The second-order valence-electron chi connectivity index (χ2n) is 3.56. The first-order valence-corrected chi connectivity index (χ1v) is 6.27. The minimum Gasteiger partial charge on any atom is -0.340 e. The van der Waals surface area contributed by atoms with Gasteiger partial charge in [0.25, 0.3) is 0 Å². The van der Waals surface area contributed by atoms with Crippen LogP contribution in [-0.2, 0) is 4.79 Å². The van der Waals surface area contributed by atoms with Crippen LogP contribution in [0, 0.1) is 0 Å².